The van der Waals surface area contributed by atoms with Gasteiger partial charge in [-0.25, -0.2) is 4.39 Å². The highest BCUT2D eigenvalue weighted by Crippen LogP contribution is 2.26. The molecule has 2 aromatic rings. The van der Waals surface area contributed by atoms with Crippen molar-refractivity contribution < 1.29 is 9.13 Å². The SMILES string of the molecule is CCCOc1ccc(CNc2ccc(F)cc2)cc1Cl. The lowest BCUT2D eigenvalue weighted by atomic mass is 10.2. The first-order valence-corrected chi connectivity index (χ1v) is 6.97. The van der Waals surface area contributed by atoms with Gasteiger partial charge in [-0.15, -0.1) is 0 Å². The fraction of sp³-hybridized carbons (Fsp3) is 0.250. The van der Waals surface area contributed by atoms with Crippen molar-refractivity contribution in [1.82, 2.24) is 0 Å². The van der Waals surface area contributed by atoms with E-state index >= 15 is 0 Å². The number of benzene rings is 2. The summed E-state index contributed by atoms with van der Waals surface area (Å²) in [5, 5.41) is 3.82. The van der Waals surface area contributed by atoms with Crippen LogP contribution in [0.5, 0.6) is 5.75 Å². The summed E-state index contributed by atoms with van der Waals surface area (Å²) in [6, 6.07) is 12.0. The fourth-order valence-electron chi connectivity index (χ4n) is 1.76. The Labute approximate surface area is 123 Å². The number of hydrogen-bond acceptors (Lipinski definition) is 2. The van der Waals surface area contributed by atoms with Gasteiger partial charge < -0.3 is 10.1 Å². The molecular weight excluding hydrogens is 277 g/mol. The van der Waals surface area contributed by atoms with Crippen LogP contribution < -0.4 is 10.1 Å². The Morgan fingerprint density at radius 2 is 1.90 bits per heavy atom. The van der Waals surface area contributed by atoms with Crippen LogP contribution >= 0.6 is 11.6 Å². The number of halogens is 2. The van der Waals surface area contributed by atoms with Gasteiger partial charge in [0.2, 0.25) is 0 Å². The van der Waals surface area contributed by atoms with E-state index in [9.17, 15) is 4.39 Å². The van der Waals surface area contributed by atoms with Gasteiger partial charge in [-0.05, 0) is 48.4 Å². The van der Waals surface area contributed by atoms with E-state index in [2.05, 4.69) is 12.2 Å². The number of rotatable bonds is 6. The smallest absolute Gasteiger partial charge is 0.137 e. The second-order valence-electron chi connectivity index (χ2n) is 4.47. The molecule has 20 heavy (non-hydrogen) atoms. The quantitative estimate of drug-likeness (QED) is 0.819. The molecule has 0 saturated carbocycles. The molecule has 4 heteroatoms. The van der Waals surface area contributed by atoms with Gasteiger partial charge in [0, 0.05) is 12.2 Å². The highest BCUT2D eigenvalue weighted by atomic mass is 35.5. The zero-order valence-corrected chi connectivity index (χ0v) is 12.1. The van der Waals surface area contributed by atoms with Gasteiger partial charge in [0.1, 0.15) is 11.6 Å². The van der Waals surface area contributed by atoms with E-state index in [0.717, 1.165) is 17.7 Å². The topological polar surface area (TPSA) is 21.3 Å². The molecule has 0 spiro atoms. The summed E-state index contributed by atoms with van der Waals surface area (Å²) < 4.78 is 18.3. The summed E-state index contributed by atoms with van der Waals surface area (Å²) in [7, 11) is 0. The second kappa shape index (κ2) is 7.15. The minimum Gasteiger partial charge on any atom is -0.492 e. The van der Waals surface area contributed by atoms with Crippen LogP contribution in [0, 0.1) is 5.82 Å². The van der Waals surface area contributed by atoms with Crippen LogP contribution in [0.15, 0.2) is 42.5 Å². The van der Waals surface area contributed by atoms with Gasteiger partial charge in [-0.1, -0.05) is 24.6 Å². The number of ether oxygens (including phenoxy) is 1. The van der Waals surface area contributed by atoms with Crippen LogP contribution in [-0.4, -0.2) is 6.61 Å². The maximum atomic E-state index is 12.8. The average molecular weight is 294 g/mol. The molecule has 0 aliphatic carbocycles. The Bertz CT molecular complexity index is 557. The molecule has 0 heterocycles. The summed E-state index contributed by atoms with van der Waals surface area (Å²) in [5.74, 6) is 0.468. The van der Waals surface area contributed by atoms with Crippen molar-refractivity contribution in [1.29, 1.82) is 0 Å². The molecule has 0 bridgehead atoms. The van der Waals surface area contributed by atoms with Crippen molar-refractivity contribution >= 4 is 17.3 Å². The highest BCUT2D eigenvalue weighted by molar-refractivity contribution is 6.32. The largest absolute Gasteiger partial charge is 0.492 e. The molecule has 0 fully saturated rings. The first kappa shape index (κ1) is 14.7. The maximum absolute atomic E-state index is 12.8. The molecule has 0 radical (unpaired) electrons. The molecule has 2 aromatic carbocycles. The van der Waals surface area contributed by atoms with E-state index in [4.69, 9.17) is 16.3 Å². The van der Waals surface area contributed by atoms with Gasteiger partial charge >= 0.3 is 0 Å². The zero-order valence-electron chi connectivity index (χ0n) is 11.3. The van der Waals surface area contributed by atoms with Crippen LogP contribution in [0.3, 0.4) is 0 Å². The molecule has 2 rings (SSSR count). The Hall–Kier alpha value is -1.74. The average Bonchev–Trinajstić information content (AvgIpc) is 2.46. The third-order valence-electron chi connectivity index (χ3n) is 2.80. The van der Waals surface area contributed by atoms with Crippen LogP contribution in [-0.2, 0) is 6.54 Å². The number of anilines is 1. The predicted octanol–water partition coefficient (Wildman–Crippen LogP) is 4.88. The van der Waals surface area contributed by atoms with Gasteiger partial charge in [-0.2, -0.15) is 0 Å². The Balaban J connectivity index is 1.96. The van der Waals surface area contributed by atoms with Gasteiger partial charge in [0.05, 0.1) is 11.6 Å². The summed E-state index contributed by atoms with van der Waals surface area (Å²) in [4.78, 5) is 0. The van der Waals surface area contributed by atoms with Crippen molar-refractivity contribution in [3.8, 4) is 5.75 Å². The molecule has 0 aliphatic rings. The Morgan fingerprint density at radius 3 is 2.55 bits per heavy atom. The molecule has 0 amide bonds. The van der Waals surface area contributed by atoms with Crippen molar-refractivity contribution in [2.24, 2.45) is 0 Å². The second-order valence-corrected chi connectivity index (χ2v) is 4.88. The van der Waals surface area contributed by atoms with Crippen molar-refractivity contribution in [3.63, 3.8) is 0 Å². The third kappa shape index (κ3) is 4.14. The van der Waals surface area contributed by atoms with Gasteiger partial charge in [0.25, 0.3) is 0 Å². The lowest BCUT2D eigenvalue weighted by molar-refractivity contribution is 0.317. The normalized spacial score (nSPS) is 10.3. The van der Waals surface area contributed by atoms with Crippen molar-refractivity contribution in [3.05, 3.63) is 58.9 Å². The molecule has 0 unspecified atom stereocenters. The molecule has 0 atom stereocenters. The molecular formula is C16H17ClFNO. The fourth-order valence-corrected chi connectivity index (χ4v) is 2.01. The lowest BCUT2D eigenvalue weighted by Gasteiger charge is -2.10. The molecule has 2 nitrogen and oxygen atoms in total. The number of nitrogens with one attached hydrogen (secondary N) is 1. The van der Waals surface area contributed by atoms with E-state index < -0.39 is 0 Å². The first-order chi connectivity index (χ1) is 9.69. The monoisotopic (exact) mass is 293 g/mol. The van der Waals surface area contributed by atoms with Crippen molar-refractivity contribution in [2.75, 3.05) is 11.9 Å². The summed E-state index contributed by atoms with van der Waals surface area (Å²) in [5.41, 5.74) is 1.91. The molecule has 0 aliphatic heterocycles. The van der Waals surface area contributed by atoms with E-state index in [1.165, 1.54) is 12.1 Å². The standard InChI is InChI=1S/C16H17ClFNO/c1-2-9-20-16-8-3-12(10-15(16)17)11-19-14-6-4-13(18)5-7-14/h3-8,10,19H,2,9,11H2,1H3. The minimum atomic E-state index is -0.240. The minimum absolute atomic E-state index is 0.240. The van der Waals surface area contributed by atoms with Crippen LogP contribution in [0.2, 0.25) is 5.02 Å². The summed E-state index contributed by atoms with van der Waals surface area (Å²) in [6.45, 7) is 3.33. The van der Waals surface area contributed by atoms with Crippen LogP contribution in [0.4, 0.5) is 10.1 Å². The highest BCUT2D eigenvalue weighted by Gasteiger charge is 2.03. The van der Waals surface area contributed by atoms with Gasteiger partial charge in [0.15, 0.2) is 0 Å². The molecule has 0 saturated heterocycles. The van der Waals surface area contributed by atoms with E-state index in [1.54, 1.807) is 12.1 Å². The van der Waals surface area contributed by atoms with E-state index in [-0.39, 0.29) is 5.82 Å². The lowest BCUT2D eigenvalue weighted by Crippen LogP contribution is -2.00. The Morgan fingerprint density at radius 1 is 1.15 bits per heavy atom. The molecule has 0 aromatic heterocycles. The van der Waals surface area contributed by atoms with Crippen LogP contribution in [0.1, 0.15) is 18.9 Å². The first-order valence-electron chi connectivity index (χ1n) is 6.59. The molecule has 106 valence electrons. The molecule has 1 N–H and O–H groups in total. The Kier molecular flexibility index (Phi) is 5.24. The van der Waals surface area contributed by atoms with Crippen LogP contribution in [0.25, 0.3) is 0 Å². The maximum Gasteiger partial charge on any atom is 0.137 e. The predicted molar refractivity (Wildman–Crippen MR) is 81.0 cm³/mol. The third-order valence-corrected chi connectivity index (χ3v) is 3.09. The zero-order chi connectivity index (χ0) is 14.4. The summed E-state index contributed by atoms with van der Waals surface area (Å²) in [6.07, 6.45) is 0.949. The summed E-state index contributed by atoms with van der Waals surface area (Å²) >= 11 is 6.17. The van der Waals surface area contributed by atoms with Gasteiger partial charge in [-0.3, -0.25) is 0 Å². The van der Waals surface area contributed by atoms with E-state index in [0.29, 0.717) is 23.9 Å². The number of hydrogen-bond donors (Lipinski definition) is 1. The van der Waals surface area contributed by atoms with Crippen molar-refractivity contribution in [2.45, 2.75) is 19.9 Å². The van der Waals surface area contributed by atoms with E-state index in [1.807, 2.05) is 18.2 Å².